The highest BCUT2D eigenvalue weighted by atomic mass is 15.3. The Balaban J connectivity index is 1.88. The van der Waals surface area contributed by atoms with Gasteiger partial charge >= 0.3 is 0 Å². The summed E-state index contributed by atoms with van der Waals surface area (Å²) < 4.78 is 1.93. The summed E-state index contributed by atoms with van der Waals surface area (Å²) >= 11 is 0. The first-order valence-electron chi connectivity index (χ1n) is 7.95. The van der Waals surface area contributed by atoms with Crippen LogP contribution in [0.1, 0.15) is 49.6 Å². The van der Waals surface area contributed by atoms with Crippen molar-refractivity contribution in [1.29, 1.82) is 0 Å². The average Bonchev–Trinajstić information content (AvgIpc) is 2.67. The maximum Gasteiger partial charge on any atom is 0.191 e. The fourth-order valence-corrected chi connectivity index (χ4v) is 3.07. The normalized spacial score (nSPS) is 17.5. The molecule has 0 amide bonds. The smallest absolute Gasteiger partial charge is 0.191 e. The largest absolute Gasteiger partial charge is 0.356 e. The molecular weight excluding hydrogens is 262 g/mol. The van der Waals surface area contributed by atoms with Crippen LogP contribution < -0.4 is 10.6 Å². The van der Waals surface area contributed by atoms with Gasteiger partial charge in [-0.3, -0.25) is 9.67 Å². The lowest BCUT2D eigenvalue weighted by atomic mass is 9.67. The molecule has 0 atom stereocenters. The van der Waals surface area contributed by atoms with Gasteiger partial charge in [0.2, 0.25) is 0 Å². The minimum absolute atomic E-state index is 0.498. The second kappa shape index (κ2) is 6.50. The van der Waals surface area contributed by atoms with Gasteiger partial charge in [0, 0.05) is 38.4 Å². The van der Waals surface area contributed by atoms with Gasteiger partial charge in [-0.15, -0.1) is 0 Å². The van der Waals surface area contributed by atoms with E-state index in [2.05, 4.69) is 41.5 Å². The van der Waals surface area contributed by atoms with Crippen molar-refractivity contribution in [2.24, 2.45) is 17.5 Å². The fraction of sp³-hybridized carbons (Fsp3) is 0.750. The Morgan fingerprint density at radius 2 is 2.05 bits per heavy atom. The summed E-state index contributed by atoms with van der Waals surface area (Å²) in [7, 11) is 3.82. The van der Waals surface area contributed by atoms with Crippen molar-refractivity contribution in [3.63, 3.8) is 0 Å². The number of rotatable bonds is 5. The molecule has 0 spiro atoms. The highest BCUT2D eigenvalue weighted by Gasteiger charge is 2.34. The third kappa shape index (κ3) is 3.39. The molecule has 21 heavy (non-hydrogen) atoms. The number of nitrogens with one attached hydrogen (secondary N) is 2. The quantitative estimate of drug-likeness (QED) is 0.646. The molecule has 1 heterocycles. The zero-order valence-corrected chi connectivity index (χ0v) is 14.1. The molecule has 0 unspecified atom stereocenters. The Labute approximate surface area is 128 Å². The van der Waals surface area contributed by atoms with E-state index >= 15 is 0 Å². The molecule has 0 aromatic carbocycles. The molecule has 0 aliphatic heterocycles. The predicted octanol–water partition coefficient (Wildman–Crippen LogP) is 2.28. The van der Waals surface area contributed by atoms with Crippen LogP contribution >= 0.6 is 0 Å². The molecule has 5 nitrogen and oxygen atoms in total. The Morgan fingerprint density at radius 3 is 2.48 bits per heavy atom. The minimum Gasteiger partial charge on any atom is -0.356 e. The predicted molar refractivity (Wildman–Crippen MR) is 87.5 cm³/mol. The van der Waals surface area contributed by atoms with E-state index in [0.717, 1.165) is 24.7 Å². The second-order valence-electron chi connectivity index (χ2n) is 6.26. The molecule has 2 N–H and O–H groups in total. The van der Waals surface area contributed by atoms with E-state index in [1.165, 1.54) is 36.9 Å². The Kier molecular flexibility index (Phi) is 4.91. The number of guanidine groups is 1. The number of aromatic nitrogens is 2. The first-order chi connectivity index (χ1) is 10.0. The SMILES string of the molecule is CCC1(CNC(=NC)NCc2c(C)nn(C)c2C)CCC1. The maximum absolute atomic E-state index is 4.45. The van der Waals surface area contributed by atoms with E-state index in [0.29, 0.717) is 5.41 Å². The van der Waals surface area contributed by atoms with Gasteiger partial charge in [-0.2, -0.15) is 5.10 Å². The number of aliphatic imine (C=N–C) groups is 1. The van der Waals surface area contributed by atoms with E-state index < -0.39 is 0 Å². The molecule has 118 valence electrons. The molecule has 1 fully saturated rings. The van der Waals surface area contributed by atoms with Gasteiger partial charge in [0.25, 0.3) is 0 Å². The molecule has 1 aliphatic rings. The lowest BCUT2D eigenvalue weighted by Crippen LogP contribution is -2.46. The molecule has 1 aromatic heterocycles. The zero-order valence-electron chi connectivity index (χ0n) is 14.1. The molecule has 1 aromatic rings. The van der Waals surface area contributed by atoms with Crippen LogP contribution in [0.5, 0.6) is 0 Å². The number of hydrogen-bond acceptors (Lipinski definition) is 2. The highest BCUT2D eigenvalue weighted by Crippen LogP contribution is 2.42. The number of hydrogen-bond donors (Lipinski definition) is 2. The van der Waals surface area contributed by atoms with E-state index in [-0.39, 0.29) is 0 Å². The second-order valence-corrected chi connectivity index (χ2v) is 6.26. The van der Waals surface area contributed by atoms with E-state index in [4.69, 9.17) is 0 Å². The van der Waals surface area contributed by atoms with E-state index in [9.17, 15) is 0 Å². The summed E-state index contributed by atoms with van der Waals surface area (Å²) in [5.74, 6) is 0.886. The van der Waals surface area contributed by atoms with E-state index in [1.807, 2.05) is 18.8 Å². The van der Waals surface area contributed by atoms with Crippen LogP contribution in [0.4, 0.5) is 0 Å². The zero-order chi connectivity index (χ0) is 15.5. The van der Waals surface area contributed by atoms with Crippen molar-refractivity contribution in [1.82, 2.24) is 20.4 Å². The summed E-state index contributed by atoms with van der Waals surface area (Å²) in [5, 5.41) is 11.4. The van der Waals surface area contributed by atoms with Crippen molar-refractivity contribution in [3.05, 3.63) is 17.0 Å². The minimum atomic E-state index is 0.498. The maximum atomic E-state index is 4.45. The summed E-state index contributed by atoms with van der Waals surface area (Å²) in [5.41, 5.74) is 4.05. The van der Waals surface area contributed by atoms with Crippen LogP contribution in [0.15, 0.2) is 4.99 Å². The lowest BCUT2D eigenvalue weighted by molar-refractivity contribution is 0.131. The van der Waals surface area contributed by atoms with Crippen molar-refractivity contribution in [3.8, 4) is 0 Å². The number of nitrogens with zero attached hydrogens (tertiary/aromatic N) is 3. The van der Waals surface area contributed by atoms with Crippen LogP contribution in [-0.4, -0.2) is 29.3 Å². The van der Waals surface area contributed by atoms with Crippen LogP contribution in [-0.2, 0) is 13.6 Å². The van der Waals surface area contributed by atoms with Crippen LogP contribution in [0.3, 0.4) is 0 Å². The third-order valence-corrected chi connectivity index (χ3v) is 5.11. The molecule has 0 saturated heterocycles. The molecule has 2 rings (SSSR count). The van der Waals surface area contributed by atoms with Crippen molar-refractivity contribution >= 4 is 5.96 Å². The highest BCUT2D eigenvalue weighted by molar-refractivity contribution is 5.79. The van der Waals surface area contributed by atoms with E-state index in [1.54, 1.807) is 0 Å². The molecule has 1 aliphatic carbocycles. The molecule has 1 saturated carbocycles. The topological polar surface area (TPSA) is 54.2 Å². The molecular formula is C16H29N5. The van der Waals surface area contributed by atoms with Gasteiger partial charge in [-0.1, -0.05) is 13.3 Å². The molecule has 5 heteroatoms. The van der Waals surface area contributed by atoms with Crippen molar-refractivity contribution in [2.45, 2.75) is 53.0 Å². The Hall–Kier alpha value is -1.52. The van der Waals surface area contributed by atoms with Crippen molar-refractivity contribution in [2.75, 3.05) is 13.6 Å². The van der Waals surface area contributed by atoms with Crippen LogP contribution in [0.2, 0.25) is 0 Å². The van der Waals surface area contributed by atoms with Gasteiger partial charge in [0.15, 0.2) is 5.96 Å². The van der Waals surface area contributed by atoms with Crippen LogP contribution in [0.25, 0.3) is 0 Å². The van der Waals surface area contributed by atoms with Crippen LogP contribution in [0, 0.1) is 19.3 Å². The summed E-state index contributed by atoms with van der Waals surface area (Å²) in [6.07, 6.45) is 5.30. The monoisotopic (exact) mass is 291 g/mol. The first-order valence-corrected chi connectivity index (χ1v) is 7.95. The Morgan fingerprint density at radius 1 is 1.33 bits per heavy atom. The Bertz CT molecular complexity index is 505. The van der Waals surface area contributed by atoms with Crippen molar-refractivity contribution < 1.29 is 0 Å². The van der Waals surface area contributed by atoms with Gasteiger partial charge in [0.1, 0.15) is 0 Å². The lowest BCUT2D eigenvalue weighted by Gasteiger charge is -2.41. The average molecular weight is 291 g/mol. The van der Waals surface area contributed by atoms with Gasteiger partial charge in [-0.25, -0.2) is 0 Å². The summed E-state index contributed by atoms with van der Waals surface area (Å²) in [6.45, 7) is 8.24. The summed E-state index contributed by atoms with van der Waals surface area (Å²) in [4.78, 5) is 4.33. The number of aryl methyl sites for hydroxylation is 2. The fourth-order valence-electron chi connectivity index (χ4n) is 3.07. The summed E-state index contributed by atoms with van der Waals surface area (Å²) in [6, 6.07) is 0. The first kappa shape index (κ1) is 15.9. The third-order valence-electron chi connectivity index (χ3n) is 5.11. The van der Waals surface area contributed by atoms with Gasteiger partial charge < -0.3 is 10.6 Å². The standard InChI is InChI=1S/C16H29N5/c1-6-16(8-7-9-16)11-19-15(17-4)18-10-14-12(2)20-21(5)13(14)3/h6-11H2,1-5H3,(H2,17,18,19). The van der Waals surface area contributed by atoms with Gasteiger partial charge in [0.05, 0.1) is 5.69 Å². The molecule has 0 radical (unpaired) electrons. The van der Waals surface area contributed by atoms with Gasteiger partial charge in [-0.05, 0) is 38.5 Å². The molecule has 0 bridgehead atoms.